The van der Waals surface area contributed by atoms with Gasteiger partial charge in [-0.25, -0.2) is 0 Å². The molecular weight excluding hydrogens is 176 g/mol. The molecule has 0 bridgehead atoms. The molecule has 0 aliphatic heterocycles. The van der Waals surface area contributed by atoms with Gasteiger partial charge in [-0.1, -0.05) is 26.2 Å². The van der Waals surface area contributed by atoms with Gasteiger partial charge < -0.3 is 9.47 Å². The molecule has 1 fully saturated rings. The minimum atomic E-state index is 0.550. The van der Waals surface area contributed by atoms with Crippen LogP contribution in [0.2, 0.25) is 0 Å². The fraction of sp³-hybridized carbons (Fsp3) is 1.00. The van der Waals surface area contributed by atoms with Gasteiger partial charge in [0.1, 0.15) is 0 Å². The van der Waals surface area contributed by atoms with Crippen LogP contribution in [0.15, 0.2) is 0 Å². The maximum absolute atomic E-state index is 5.89. The highest BCUT2D eigenvalue weighted by Gasteiger charge is 2.14. The Balaban J connectivity index is 2.00. The van der Waals surface area contributed by atoms with Gasteiger partial charge in [0, 0.05) is 20.3 Å². The highest BCUT2D eigenvalue weighted by molar-refractivity contribution is 4.65. The molecule has 0 aromatic rings. The number of hydrogen-bond donors (Lipinski definition) is 0. The summed E-state index contributed by atoms with van der Waals surface area (Å²) < 4.78 is 10.9. The molecule has 0 radical (unpaired) electrons. The van der Waals surface area contributed by atoms with Crippen LogP contribution in [-0.4, -0.2) is 26.4 Å². The van der Waals surface area contributed by atoms with Crippen LogP contribution in [-0.2, 0) is 9.47 Å². The Labute approximate surface area is 88.0 Å². The van der Waals surface area contributed by atoms with Crippen LogP contribution in [0.25, 0.3) is 0 Å². The van der Waals surface area contributed by atoms with Crippen molar-refractivity contribution < 1.29 is 9.47 Å². The summed E-state index contributed by atoms with van der Waals surface area (Å²) in [5, 5.41) is 0. The molecule has 2 nitrogen and oxygen atoms in total. The second-order valence-electron chi connectivity index (χ2n) is 4.48. The highest BCUT2D eigenvalue weighted by atomic mass is 16.5. The summed E-state index contributed by atoms with van der Waals surface area (Å²) in [5.74, 6) is 0.636. The minimum absolute atomic E-state index is 0.550. The van der Waals surface area contributed by atoms with E-state index in [9.17, 15) is 0 Å². The largest absolute Gasteiger partial charge is 0.385 e. The average Bonchev–Trinajstić information content (AvgIpc) is 2.25. The molecule has 0 N–H and O–H groups in total. The molecule has 0 spiro atoms. The number of methoxy groups -OCH3 is 1. The predicted molar refractivity (Wildman–Crippen MR) is 58.5 cm³/mol. The van der Waals surface area contributed by atoms with Crippen molar-refractivity contribution in [2.45, 2.75) is 51.6 Å². The fourth-order valence-corrected chi connectivity index (χ4v) is 1.93. The number of ether oxygens (including phenoxy) is 2. The molecule has 0 saturated heterocycles. The third kappa shape index (κ3) is 4.97. The molecule has 1 unspecified atom stereocenters. The average molecular weight is 200 g/mol. The van der Waals surface area contributed by atoms with Crippen molar-refractivity contribution in [2.75, 3.05) is 20.3 Å². The minimum Gasteiger partial charge on any atom is -0.385 e. The first kappa shape index (κ1) is 12.0. The van der Waals surface area contributed by atoms with E-state index in [1.165, 1.54) is 32.1 Å². The van der Waals surface area contributed by atoms with E-state index in [2.05, 4.69) is 6.92 Å². The first-order valence-electron chi connectivity index (χ1n) is 5.93. The fourth-order valence-electron chi connectivity index (χ4n) is 1.93. The zero-order valence-electron chi connectivity index (χ0n) is 9.63. The smallest absolute Gasteiger partial charge is 0.0575 e. The molecule has 0 aromatic heterocycles. The van der Waals surface area contributed by atoms with Crippen molar-refractivity contribution in [1.29, 1.82) is 0 Å². The molecule has 1 aliphatic rings. The van der Waals surface area contributed by atoms with Crippen LogP contribution in [0.4, 0.5) is 0 Å². The summed E-state index contributed by atoms with van der Waals surface area (Å²) in [6.45, 7) is 4.01. The molecule has 1 atom stereocenters. The van der Waals surface area contributed by atoms with Gasteiger partial charge in [0.15, 0.2) is 0 Å². The van der Waals surface area contributed by atoms with Crippen molar-refractivity contribution >= 4 is 0 Å². The van der Waals surface area contributed by atoms with Crippen LogP contribution in [0.1, 0.15) is 45.4 Å². The van der Waals surface area contributed by atoms with Gasteiger partial charge in [0.2, 0.25) is 0 Å². The summed E-state index contributed by atoms with van der Waals surface area (Å²) in [5.41, 5.74) is 0. The Hall–Kier alpha value is -0.0800. The van der Waals surface area contributed by atoms with Crippen molar-refractivity contribution in [3.05, 3.63) is 0 Å². The van der Waals surface area contributed by atoms with E-state index in [1.807, 2.05) is 0 Å². The molecule has 84 valence electrons. The molecular formula is C12H24O2. The van der Waals surface area contributed by atoms with E-state index in [1.54, 1.807) is 7.11 Å². The zero-order valence-corrected chi connectivity index (χ0v) is 9.63. The first-order chi connectivity index (χ1) is 6.83. The third-order valence-electron chi connectivity index (χ3n) is 2.98. The van der Waals surface area contributed by atoms with Gasteiger partial charge in [-0.3, -0.25) is 0 Å². The van der Waals surface area contributed by atoms with Crippen molar-refractivity contribution in [2.24, 2.45) is 5.92 Å². The number of hydrogen-bond acceptors (Lipinski definition) is 2. The molecule has 14 heavy (non-hydrogen) atoms. The van der Waals surface area contributed by atoms with Crippen LogP contribution in [0.5, 0.6) is 0 Å². The van der Waals surface area contributed by atoms with E-state index in [-0.39, 0.29) is 0 Å². The lowest BCUT2D eigenvalue weighted by Gasteiger charge is -2.23. The Kier molecular flexibility index (Phi) is 6.20. The standard InChI is InChI=1S/C12H24O2/c1-11(8-9-13-2)10-14-12-6-4-3-5-7-12/h11-12H,3-10H2,1-2H3. The maximum Gasteiger partial charge on any atom is 0.0575 e. The first-order valence-corrected chi connectivity index (χ1v) is 5.93. The van der Waals surface area contributed by atoms with E-state index in [0.717, 1.165) is 19.6 Å². The number of rotatable bonds is 6. The van der Waals surface area contributed by atoms with Crippen LogP contribution >= 0.6 is 0 Å². The molecule has 1 rings (SSSR count). The quantitative estimate of drug-likeness (QED) is 0.656. The lowest BCUT2D eigenvalue weighted by molar-refractivity contribution is 0.00559. The van der Waals surface area contributed by atoms with E-state index >= 15 is 0 Å². The highest BCUT2D eigenvalue weighted by Crippen LogP contribution is 2.21. The zero-order chi connectivity index (χ0) is 10.2. The third-order valence-corrected chi connectivity index (χ3v) is 2.98. The van der Waals surface area contributed by atoms with Crippen molar-refractivity contribution in [3.63, 3.8) is 0 Å². The predicted octanol–water partition coefficient (Wildman–Crippen LogP) is 3.01. The molecule has 2 heteroatoms. The summed E-state index contributed by atoms with van der Waals surface area (Å²) in [7, 11) is 1.76. The Morgan fingerprint density at radius 2 is 1.93 bits per heavy atom. The lowest BCUT2D eigenvalue weighted by atomic mass is 9.97. The second-order valence-corrected chi connectivity index (χ2v) is 4.48. The SMILES string of the molecule is COCCC(C)COC1CCCCC1. The van der Waals surface area contributed by atoms with E-state index in [4.69, 9.17) is 9.47 Å². The normalized spacial score (nSPS) is 21.0. The summed E-state index contributed by atoms with van der Waals surface area (Å²) in [4.78, 5) is 0. The lowest BCUT2D eigenvalue weighted by Crippen LogP contribution is -2.20. The van der Waals surface area contributed by atoms with Gasteiger partial charge in [0.05, 0.1) is 6.10 Å². The van der Waals surface area contributed by atoms with E-state index < -0.39 is 0 Å². The van der Waals surface area contributed by atoms with E-state index in [0.29, 0.717) is 12.0 Å². The molecule has 0 aromatic carbocycles. The van der Waals surface area contributed by atoms with Crippen molar-refractivity contribution in [1.82, 2.24) is 0 Å². The van der Waals surface area contributed by atoms with Crippen LogP contribution < -0.4 is 0 Å². The Bertz CT molecular complexity index is 130. The van der Waals surface area contributed by atoms with Gasteiger partial charge >= 0.3 is 0 Å². The molecule has 1 aliphatic carbocycles. The van der Waals surface area contributed by atoms with Gasteiger partial charge in [-0.15, -0.1) is 0 Å². The topological polar surface area (TPSA) is 18.5 Å². The monoisotopic (exact) mass is 200 g/mol. The van der Waals surface area contributed by atoms with Gasteiger partial charge in [-0.05, 0) is 25.2 Å². The second kappa shape index (κ2) is 7.24. The summed E-state index contributed by atoms with van der Waals surface area (Å²) >= 11 is 0. The molecule has 0 heterocycles. The Morgan fingerprint density at radius 3 is 2.57 bits per heavy atom. The molecule has 0 amide bonds. The summed E-state index contributed by atoms with van der Waals surface area (Å²) in [6, 6.07) is 0. The van der Waals surface area contributed by atoms with Gasteiger partial charge in [-0.2, -0.15) is 0 Å². The Morgan fingerprint density at radius 1 is 1.21 bits per heavy atom. The van der Waals surface area contributed by atoms with Crippen LogP contribution in [0, 0.1) is 5.92 Å². The van der Waals surface area contributed by atoms with Crippen molar-refractivity contribution in [3.8, 4) is 0 Å². The molecule has 1 saturated carbocycles. The maximum atomic E-state index is 5.89. The van der Waals surface area contributed by atoms with Gasteiger partial charge in [0.25, 0.3) is 0 Å². The summed E-state index contributed by atoms with van der Waals surface area (Å²) in [6.07, 6.45) is 8.33. The van der Waals surface area contributed by atoms with Crippen LogP contribution in [0.3, 0.4) is 0 Å².